The number of para-hydroxylation sites is 1. The van der Waals surface area contributed by atoms with Crippen LogP contribution in [-0.4, -0.2) is 16.1 Å². The van der Waals surface area contributed by atoms with Crippen LogP contribution >= 0.6 is 11.3 Å². The topological polar surface area (TPSA) is 50.2 Å². The van der Waals surface area contributed by atoms with Gasteiger partial charge in [0.15, 0.2) is 0 Å². The number of carbonyl (C=O) groups is 1. The molecule has 4 aromatic rings. The Labute approximate surface area is 136 Å². The molecule has 0 aliphatic heterocycles. The van der Waals surface area contributed by atoms with Crippen LogP contribution in [0.2, 0.25) is 0 Å². The number of pyridine rings is 1. The van der Waals surface area contributed by atoms with Gasteiger partial charge in [-0.05, 0) is 36.1 Å². The monoisotopic (exact) mass is 319 g/mol. The highest BCUT2D eigenvalue weighted by atomic mass is 32.1. The molecule has 0 saturated carbocycles. The van der Waals surface area contributed by atoms with E-state index in [2.05, 4.69) is 18.2 Å². The van der Waals surface area contributed by atoms with Crippen molar-refractivity contribution in [3.63, 3.8) is 0 Å². The number of aromatic nitrogens is 1. The first-order chi connectivity index (χ1) is 11.1. The molecule has 0 aliphatic rings. The highest BCUT2D eigenvalue weighted by Crippen LogP contribution is 2.34. The van der Waals surface area contributed by atoms with Gasteiger partial charge in [-0.3, -0.25) is 0 Å². The molecule has 0 saturated heterocycles. The van der Waals surface area contributed by atoms with Crippen LogP contribution in [0, 0.1) is 6.92 Å². The zero-order chi connectivity index (χ0) is 16.0. The molecule has 2 aromatic heterocycles. The average molecular weight is 319 g/mol. The molecular formula is C19H13NO2S. The van der Waals surface area contributed by atoms with Gasteiger partial charge in [-0.15, -0.1) is 11.3 Å². The van der Waals surface area contributed by atoms with E-state index in [1.54, 1.807) is 17.4 Å². The predicted octanol–water partition coefficient (Wildman–Crippen LogP) is 5.12. The van der Waals surface area contributed by atoms with Crippen LogP contribution in [0.4, 0.5) is 0 Å². The maximum atomic E-state index is 11.7. The molecule has 0 radical (unpaired) electrons. The number of fused-ring (bicyclic) bond motifs is 2. The van der Waals surface area contributed by atoms with Crippen molar-refractivity contribution in [2.75, 3.05) is 0 Å². The van der Waals surface area contributed by atoms with Crippen molar-refractivity contribution >= 4 is 38.3 Å². The maximum Gasteiger partial charge on any atom is 0.336 e. The van der Waals surface area contributed by atoms with Gasteiger partial charge < -0.3 is 5.11 Å². The first-order valence-electron chi connectivity index (χ1n) is 7.26. The minimum Gasteiger partial charge on any atom is -0.478 e. The summed E-state index contributed by atoms with van der Waals surface area (Å²) in [5, 5.41) is 11.4. The molecule has 0 fully saturated rings. The molecule has 3 nitrogen and oxygen atoms in total. The maximum absolute atomic E-state index is 11.7. The number of aryl methyl sites for hydroxylation is 1. The highest BCUT2D eigenvalue weighted by Gasteiger charge is 2.15. The van der Waals surface area contributed by atoms with Crippen LogP contribution in [0.25, 0.3) is 31.6 Å². The van der Waals surface area contributed by atoms with E-state index in [1.165, 1.54) is 4.70 Å². The Bertz CT molecular complexity index is 1030. The summed E-state index contributed by atoms with van der Waals surface area (Å²) in [6, 6.07) is 17.5. The van der Waals surface area contributed by atoms with Crippen LogP contribution in [0.5, 0.6) is 0 Å². The summed E-state index contributed by atoms with van der Waals surface area (Å²) in [5.74, 6) is -0.926. The van der Waals surface area contributed by atoms with Crippen molar-refractivity contribution in [2.24, 2.45) is 0 Å². The van der Waals surface area contributed by atoms with E-state index < -0.39 is 5.97 Å². The summed E-state index contributed by atoms with van der Waals surface area (Å²) in [6.45, 7) is 1.95. The number of carboxylic acid groups (broad SMARTS) is 1. The van der Waals surface area contributed by atoms with E-state index in [4.69, 9.17) is 4.98 Å². The third kappa shape index (κ3) is 2.28. The van der Waals surface area contributed by atoms with E-state index in [-0.39, 0.29) is 0 Å². The van der Waals surface area contributed by atoms with Crippen LogP contribution < -0.4 is 0 Å². The van der Waals surface area contributed by atoms with Crippen molar-refractivity contribution < 1.29 is 9.90 Å². The Hall–Kier alpha value is -2.72. The van der Waals surface area contributed by atoms with Crippen molar-refractivity contribution in [2.45, 2.75) is 6.92 Å². The van der Waals surface area contributed by atoms with E-state index in [0.717, 1.165) is 21.3 Å². The summed E-state index contributed by atoms with van der Waals surface area (Å²) in [4.78, 5) is 17.4. The smallest absolute Gasteiger partial charge is 0.336 e. The summed E-state index contributed by atoms with van der Waals surface area (Å²) in [6.07, 6.45) is 0. The standard InChI is InChI=1S/C19H13NO2S/c1-11-5-4-7-13-14(19(21)22)10-15(20-18(11)13)17-9-12-6-2-3-8-16(12)23-17/h2-10H,1H3,(H,21,22). The molecule has 112 valence electrons. The van der Waals surface area contributed by atoms with Crippen LogP contribution in [0.1, 0.15) is 15.9 Å². The summed E-state index contributed by atoms with van der Waals surface area (Å²) in [5.41, 5.74) is 2.74. The molecule has 0 amide bonds. The lowest BCUT2D eigenvalue weighted by Crippen LogP contribution is -2.00. The lowest BCUT2D eigenvalue weighted by atomic mass is 10.0. The average Bonchev–Trinajstić information content (AvgIpc) is 2.98. The molecule has 1 N–H and O–H groups in total. The predicted molar refractivity (Wildman–Crippen MR) is 94.3 cm³/mol. The first kappa shape index (κ1) is 13.9. The first-order valence-corrected chi connectivity index (χ1v) is 8.08. The fraction of sp³-hybridized carbons (Fsp3) is 0.0526. The van der Waals surface area contributed by atoms with Gasteiger partial charge in [0.2, 0.25) is 0 Å². The van der Waals surface area contributed by atoms with Gasteiger partial charge in [0.1, 0.15) is 0 Å². The minimum atomic E-state index is -0.926. The zero-order valence-corrected chi connectivity index (χ0v) is 13.2. The van der Waals surface area contributed by atoms with E-state index in [0.29, 0.717) is 16.6 Å². The van der Waals surface area contributed by atoms with Gasteiger partial charge in [0, 0.05) is 10.1 Å². The second-order valence-electron chi connectivity index (χ2n) is 5.48. The van der Waals surface area contributed by atoms with Gasteiger partial charge in [0.05, 0.1) is 21.7 Å². The van der Waals surface area contributed by atoms with Crippen LogP contribution in [-0.2, 0) is 0 Å². The van der Waals surface area contributed by atoms with Gasteiger partial charge in [-0.1, -0.05) is 36.4 Å². The third-order valence-electron chi connectivity index (χ3n) is 3.95. The Kier molecular flexibility index (Phi) is 3.13. The minimum absolute atomic E-state index is 0.297. The van der Waals surface area contributed by atoms with Crippen molar-refractivity contribution in [1.29, 1.82) is 0 Å². The SMILES string of the molecule is Cc1cccc2c(C(=O)O)cc(-c3cc4ccccc4s3)nc12. The van der Waals surface area contributed by atoms with Gasteiger partial charge in [0.25, 0.3) is 0 Å². The Balaban J connectivity index is 2.03. The number of aromatic carboxylic acids is 1. The molecule has 0 bridgehead atoms. The summed E-state index contributed by atoms with van der Waals surface area (Å²) >= 11 is 1.63. The van der Waals surface area contributed by atoms with Crippen LogP contribution in [0.15, 0.2) is 54.6 Å². The van der Waals surface area contributed by atoms with Gasteiger partial charge >= 0.3 is 5.97 Å². The number of rotatable bonds is 2. The number of carboxylic acids is 1. The number of hydrogen-bond acceptors (Lipinski definition) is 3. The third-order valence-corrected chi connectivity index (χ3v) is 5.09. The largest absolute Gasteiger partial charge is 0.478 e. The molecule has 0 unspecified atom stereocenters. The molecule has 0 spiro atoms. The molecule has 2 aromatic carbocycles. The molecule has 2 heterocycles. The Morgan fingerprint density at radius 2 is 1.91 bits per heavy atom. The van der Waals surface area contributed by atoms with E-state index in [9.17, 15) is 9.90 Å². The molecule has 0 aliphatic carbocycles. The molecule has 4 heteroatoms. The van der Waals surface area contributed by atoms with E-state index in [1.807, 2.05) is 37.3 Å². The normalized spacial score (nSPS) is 11.2. The fourth-order valence-corrected chi connectivity index (χ4v) is 3.83. The van der Waals surface area contributed by atoms with Crippen molar-refractivity contribution in [1.82, 2.24) is 4.98 Å². The Morgan fingerprint density at radius 1 is 1.09 bits per heavy atom. The lowest BCUT2D eigenvalue weighted by Gasteiger charge is -2.07. The highest BCUT2D eigenvalue weighted by molar-refractivity contribution is 7.22. The summed E-state index contributed by atoms with van der Waals surface area (Å²) in [7, 11) is 0. The van der Waals surface area contributed by atoms with Crippen molar-refractivity contribution in [3.8, 4) is 10.6 Å². The number of thiophene rings is 1. The second-order valence-corrected chi connectivity index (χ2v) is 6.56. The quantitative estimate of drug-likeness (QED) is 0.557. The molecule has 4 rings (SSSR count). The van der Waals surface area contributed by atoms with Crippen LogP contribution in [0.3, 0.4) is 0 Å². The molecule has 23 heavy (non-hydrogen) atoms. The second kappa shape index (κ2) is 5.18. The lowest BCUT2D eigenvalue weighted by molar-refractivity contribution is 0.0699. The zero-order valence-electron chi connectivity index (χ0n) is 12.4. The van der Waals surface area contributed by atoms with E-state index >= 15 is 0 Å². The summed E-state index contributed by atoms with van der Waals surface area (Å²) < 4.78 is 1.17. The fourth-order valence-electron chi connectivity index (χ4n) is 2.80. The molecular weight excluding hydrogens is 306 g/mol. The number of hydrogen-bond donors (Lipinski definition) is 1. The van der Waals surface area contributed by atoms with Gasteiger partial charge in [-0.25, -0.2) is 9.78 Å². The molecule has 0 atom stereocenters. The number of nitrogens with zero attached hydrogens (tertiary/aromatic N) is 1. The van der Waals surface area contributed by atoms with Gasteiger partial charge in [-0.2, -0.15) is 0 Å². The number of benzene rings is 2. The Morgan fingerprint density at radius 3 is 2.70 bits per heavy atom. The van der Waals surface area contributed by atoms with Crippen molar-refractivity contribution in [3.05, 3.63) is 65.7 Å².